The molecule has 0 spiro atoms. The number of nitrogens with zero attached hydrogens (tertiary/aromatic N) is 2. The van der Waals surface area contributed by atoms with Gasteiger partial charge in [-0.25, -0.2) is 12.8 Å². The number of carbonyl (C=O) groups excluding carboxylic acids is 1. The van der Waals surface area contributed by atoms with E-state index >= 15 is 0 Å². The number of benzene rings is 2. The van der Waals surface area contributed by atoms with Crippen LogP contribution in [0.25, 0.3) is 0 Å². The molecule has 2 aliphatic heterocycles. The molecule has 1 fully saturated rings. The van der Waals surface area contributed by atoms with Gasteiger partial charge in [0, 0.05) is 12.2 Å². The number of hydrogen-bond donors (Lipinski definition) is 1. The Balaban J connectivity index is 1.38. The molecule has 4 rings (SSSR count). The number of sulfonamides is 1. The number of aryl methyl sites for hydroxylation is 1. The van der Waals surface area contributed by atoms with Crippen LogP contribution in [0.2, 0.25) is 0 Å². The van der Waals surface area contributed by atoms with Gasteiger partial charge in [-0.15, -0.1) is 0 Å². The molecule has 2 heterocycles. The Bertz CT molecular complexity index is 1000. The highest BCUT2D eigenvalue weighted by Gasteiger charge is 2.33. The van der Waals surface area contributed by atoms with Crippen LogP contribution in [0.3, 0.4) is 0 Å². The highest BCUT2D eigenvalue weighted by molar-refractivity contribution is 7.89. The van der Waals surface area contributed by atoms with E-state index in [0.29, 0.717) is 19.6 Å². The van der Waals surface area contributed by atoms with Gasteiger partial charge in [-0.05, 0) is 36.6 Å². The van der Waals surface area contributed by atoms with Crippen molar-refractivity contribution in [1.82, 2.24) is 4.31 Å². The van der Waals surface area contributed by atoms with Crippen molar-refractivity contribution in [3.8, 4) is 0 Å². The third-order valence-corrected chi connectivity index (χ3v) is 7.63. The summed E-state index contributed by atoms with van der Waals surface area (Å²) in [6.07, 6.45) is 1.94. The summed E-state index contributed by atoms with van der Waals surface area (Å²) in [6.45, 7) is 2.65. The predicted octanol–water partition coefficient (Wildman–Crippen LogP) is 0.694. The van der Waals surface area contributed by atoms with E-state index in [2.05, 4.69) is 6.07 Å². The van der Waals surface area contributed by atoms with Crippen LogP contribution in [0, 0.1) is 5.82 Å². The molecular weight excluding hydrogens is 393 g/mol. The maximum atomic E-state index is 14.0. The minimum atomic E-state index is -3.86. The second-order valence-electron chi connectivity index (χ2n) is 7.54. The second kappa shape index (κ2) is 8.22. The van der Waals surface area contributed by atoms with Gasteiger partial charge in [0.1, 0.15) is 10.7 Å². The molecule has 6 nitrogen and oxygen atoms in total. The first-order chi connectivity index (χ1) is 14.0. The van der Waals surface area contributed by atoms with Gasteiger partial charge in [-0.1, -0.05) is 30.3 Å². The van der Waals surface area contributed by atoms with Crippen LogP contribution in [0.5, 0.6) is 0 Å². The lowest BCUT2D eigenvalue weighted by Crippen LogP contribution is -3.15. The second-order valence-corrected chi connectivity index (χ2v) is 9.45. The Kier molecular flexibility index (Phi) is 5.67. The number of anilines is 1. The third-order valence-electron chi connectivity index (χ3n) is 5.70. The molecule has 0 atom stereocenters. The van der Waals surface area contributed by atoms with Gasteiger partial charge in [0.25, 0.3) is 5.91 Å². The van der Waals surface area contributed by atoms with Crippen molar-refractivity contribution in [2.24, 2.45) is 0 Å². The fourth-order valence-corrected chi connectivity index (χ4v) is 5.62. The number of rotatable bonds is 4. The van der Waals surface area contributed by atoms with Crippen LogP contribution >= 0.6 is 0 Å². The van der Waals surface area contributed by atoms with Gasteiger partial charge < -0.3 is 9.80 Å². The van der Waals surface area contributed by atoms with Gasteiger partial charge >= 0.3 is 0 Å². The zero-order valence-corrected chi connectivity index (χ0v) is 17.0. The molecule has 0 radical (unpaired) electrons. The molecule has 1 amide bonds. The molecule has 1 N–H and O–H groups in total. The van der Waals surface area contributed by atoms with Crippen molar-refractivity contribution >= 4 is 21.6 Å². The minimum absolute atomic E-state index is 0.0672. The van der Waals surface area contributed by atoms with E-state index in [4.69, 9.17) is 0 Å². The molecule has 2 aliphatic rings. The summed E-state index contributed by atoms with van der Waals surface area (Å²) in [5.74, 6) is -0.668. The number of para-hydroxylation sites is 1. The van der Waals surface area contributed by atoms with E-state index in [0.717, 1.165) is 36.0 Å². The van der Waals surface area contributed by atoms with Crippen molar-refractivity contribution in [2.75, 3.05) is 44.2 Å². The number of fused-ring (bicyclic) bond motifs is 1. The number of halogens is 1. The fourth-order valence-electron chi connectivity index (χ4n) is 4.11. The summed E-state index contributed by atoms with van der Waals surface area (Å²) >= 11 is 0. The van der Waals surface area contributed by atoms with Crippen molar-refractivity contribution < 1.29 is 22.5 Å². The topological polar surface area (TPSA) is 62.1 Å². The largest absolute Gasteiger partial charge is 0.325 e. The molecule has 0 aromatic heterocycles. The summed E-state index contributed by atoms with van der Waals surface area (Å²) in [5, 5.41) is 0. The van der Waals surface area contributed by atoms with Gasteiger partial charge in [0.15, 0.2) is 6.54 Å². The lowest BCUT2D eigenvalue weighted by molar-refractivity contribution is -0.895. The summed E-state index contributed by atoms with van der Waals surface area (Å²) in [6, 6.07) is 13.4. The number of amides is 1. The molecule has 0 bridgehead atoms. The number of nitrogens with one attached hydrogen (secondary N) is 1. The van der Waals surface area contributed by atoms with E-state index in [1.54, 1.807) is 0 Å². The van der Waals surface area contributed by atoms with Crippen molar-refractivity contribution in [1.29, 1.82) is 0 Å². The lowest BCUT2D eigenvalue weighted by Gasteiger charge is -2.34. The average molecular weight is 419 g/mol. The Morgan fingerprint density at radius 2 is 1.69 bits per heavy atom. The first kappa shape index (κ1) is 20.0. The van der Waals surface area contributed by atoms with E-state index in [1.165, 1.54) is 28.1 Å². The maximum Gasteiger partial charge on any atom is 0.282 e. The summed E-state index contributed by atoms with van der Waals surface area (Å²) in [4.78, 5) is 15.5. The summed E-state index contributed by atoms with van der Waals surface area (Å²) in [7, 11) is -3.86. The Hall–Kier alpha value is -2.29. The normalized spacial score (nSPS) is 18.4. The highest BCUT2D eigenvalue weighted by Crippen LogP contribution is 2.26. The number of carbonyl (C=O) groups is 1. The van der Waals surface area contributed by atoms with E-state index in [-0.39, 0.29) is 23.9 Å². The molecule has 0 aliphatic carbocycles. The Labute approximate surface area is 170 Å². The molecule has 8 heteroatoms. The monoisotopic (exact) mass is 418 g/mol. The van der Waals surface area contributed by atoms with Gasteiger partial charge in [-0.3, -0.25) is 4.79 Å². The van der Waals surface area contributed by atoms with E-state index < -0.39 is 15.8 Å². The number of piperazine rings is 1. The predicted molar refractivity (Wildman–Crippen MR) is 108 cm³/mol. The van der Waals surface area contributed by atoms with Gasteiger partial charge in [0.2, 0.25) is 10.0 Å². The number of quaternary nitrogens is 1. The van der Waals surface area contributed by atoms with E-state index in [1.807, 2.05) is 23.1 Å². The first-order valence-corrected chi connectivity index (χ1v) is 11.4. The quantitative estimate of drug-likeness (QED) is 0.795. The highest BCUT2D eigenvalue weighted by atomic mass is 32.2. The number of hydrogen-bond acceptors (Lipinski definition) is 3. The molecule has 154 valence electrons. The molecule has 29 heavy (non-hydrogen) atoms. The molecular formula is C21H25FN3O3S+. The molecule has 0 unspecified atom stereocenters. The Morgan fingerprint density at radius 3 is 2.45 bits per heavy atom. The van der Waals surface area contributed by atoms with Gasteiger partial charge in [-0.2, -0.15) is 4.31 Å². The van der Waals surface area contributed by atoms with Crippen LogP contribution in [0.1, 0.15) is 12.0 Å². The van der Waals surface area contributed by atoms with Crippen LogP contribution < -0.4 is 9.80 Å². The maximum absolute atomic E-state index is 14.0. The van der Waals surface area contributed by atoms with Crippen molar-refractivity contribution in [3.63, 3.8) is 0 Å². The lowest BCUT2D eigenvalue weighted by atomic mass is 10.0. The minimum Gasteiger partial charge on any atom is -0.325 e. The van der Waals surface area contributed by atoms with E-state index in [9.17, 15) is 17.6 Å². The van der Waals surface area contributed by atoms with Crippen LogP contribution in [-0.2, 0) is 21.2 Å². The zero-order valence-electron chi connectivity index (χ0n) is 16.2. The average Bonchev–Trinajstić information content (AvgIpc) is 2.74. The van der Waals surface area contributed by atoms with Crippen molar-refractivity contribution in [3.05, 3.63) is 59.9 Å². The first-order valence-electron chi connectivity index (χ1n) is 9.93. The summed E-state index contributed by atoms with van der Waals surface area (Å²) < 4.78 is 40.7. The van der Waals surface area contributed by atoms with Crippen LogP contribution in [-0.4, -0.2) is 57.9 Å². The van der Waals surface area contributed by atoms with Crippen molar-refractivity contribution in [2.45, 2.75) is 17.7 Å². The van der Waals surface area contributed by atoms with Crippen LogP contribution in [0.4, 0.5) is 10.1 Å². The smallest absolute Gasteiger partial charge is 0.282 e. The van der Waals surface area contributed by atoms with Gasteiger partial charge in [0.05, 0.1) is 26.2 Å². The zero-order chi connectivity index (χ0) is 20.4. The third kappa shape index (κ3) is 4.05. The molecule has 1 saturated heterocycles. The molecule has 2 aromatic rings. The van der Waals surface area contributed by atoms with Crippen LogP contribution in [0.15, 0.2) is 53.4 Å². The summed E-state index contributed by atoms with van der Waals surface area (Å²) in [5.41, 5.74) is 2.19. The SMILES string of the molecule is O=C(C[NH+]1CCN(S(=O)(=O)c2ccccc2F)CC1)N1CCCc2ccccc21. The molecule has 2 aromatic carbocycles. The molecule has 0 saturated carbocycles. The Morgan fingerprint density at radius 1 is 1.00 bits per heavy atom. The fraction of sp³-hybridized carbons (Fsp3) is 0.381. The standard InChI is InChI=1S/C21H24FN3O3S/c22-18-8-2-4-10-20(18)29(27,28)24-14-12-23(13-15-24)16-21(26)25-11-5-7-17-6-1-3-9-19(17)25/h1-4,6,8-10H,5,7,11-16H2/p+1.